The Morgan fingerprint density at radius 1 is 0.850 bits per heavy atom. The van der Waals surface area contributed by atoms with Crippen molar-refractivity contribution in [2.45, 2.75) is 12.3 Å². The molecule has 0 unspecified atom stereocenters. The molecule has 0 aliphatic rings. The van der Waals surface area contributed by atoms with Gasteiger partial charge in [0.15, 0.2) is 0 Å². The van der Waals surface area contributed by atoms with Gasteiger partial charge in [0.1, 0.15) is 11.4 Å². The van der Waals surface area contributed by atoms with Crippen molar-refractivity contribution in [3.05, 3.63) is 59.7 Å². The van der Waals surface area contributed by atoms with Crippen LogP contribution < -0.4 is 0 Å². The fourth-order valence-corrected chi connectivity index (χ4v) is 2.99. The molecule has 1 heterocycles. The number of aromatic nitrogens is 2. The van der Waals surface area contributed by atoms with Crippen LogP contribution in [0.2, 0.25) is 0 Å². The van der Waals surface area contributed by atoms with Gasteiger partial charge >= 0.3 is 0 Å². The molecule has 3 aromatic rings. The van der Waals surface area contributed by atoms with Crippen LogP contribution in [0, 0.1) is 6.92 Å². The third-order valence-electron chi connectivity index (χ3n) is 3.20. The average Bonchev–Trinajstić information content (AvgIpc) is 2.97. The fourth-order valence-electron chi connectivity index (χ4n) is 2.03. The summed E-state index contributed by atoms with van der Waals surface area (Å²) in [5.74, 6) is 0. The summed E-state index contributed by atoms with van der Waals surface area (Å²) in [7, 11) is 0. The monoisotopic (exact) mass is 344 g/mol. The van der Waals surface area contributed by atoms with Crippen LogP contribution in [0.1, 0.15) is 11.1 Å². The Hall–Kier alpha value is -1.52. The van der Waals surface area contributed by atoms with Crippen molar-refractivity contribution < 1.29 is 0 Å². The van der Waals surface area contributed by atoms with Gasteiger partial charge < -0.3 is 0 Å². The standard InChI is InChI=1S/C16H13BrN2S/c1-11-2-6-13(7-3-11)15-16(19-20-18-15)14-8-4-12(10-17)5-9-14/h2-9H,10H2,1H3. The van der Waals surface area contributed by atoms with Gasteiger partial charge in [-0.3, -0.25) is 0 Å². The summed E-state index contributed by atoms with van der Waals surface area (Å²) < 4.78 is 8.92. The van der Waals surface area contributed by atoms with E-state index in [-0.39, 0.29) is 0 Å². The molecule has 0 saturated heterocycles. The highest BCUT2D eigenvalue weighted by molar-refractivity contribution is 9.08. The summed E-state index contributed by atoms with van der Waals surface area (Å²) >= 11 is 4.72. The Labute approximate surface area is 131 Å². The Kier molecular flexibility index (Phi) is 3.94. The molecule has 0 radical (unpaired) electrons. The maximum atomic E-state index is 4.46. The number of benzene rings is 2. The van der Waals surface area contributed by atoms with Gasteiger partial charge in [0, 0.05) is 16.5 Å². The number of nitrogens with zero attached hydrogens (tertiary/aromatic N) is 2. The van der Waals surface area contributed by atoms with Crippen molar-refractivity contribution in [1.82, 2.24) is 8.75 Å². The van der Waals surface area contributed by atoms with E-state index in [1.807, 2.05) is 0 Å². The molecule has 20 heavy (non-hydrogen) atoms. The lowest BCUT2D eigenvalue weighted by atomic mass is 10.0. The van der Waals surface area contributed by atoms with Gasteiger partial charge in [-0.2, -0.15) is 8.75 Å². The van der Waals surface area contributed by atoms with Crippen LogP contribution >= 0.6 is 27.7 Å². The predicted octanol–water partition coefficient (Wildman–Crippen LogP) is 5.08. The van der Waals surface area contributed by atoms with Crippen LogP contribution in [0.4, 0.5) is 0 Å². The van der Waals surface area contributed by atoms with Gasteiger partial charge in [0.05, 0.1) is 11.7 Å². The molecule has 100 valence electrons. The largest absolute Gasteiger partial charge is 0.172 e. The molecule has 0 atom stereocenters. The zero-order valence-electron chi connectivity index (χ0n) is 11.0. The van der Waals surface area contributed by atoms with Crippen molar-refractivity contribution in [3.63, 3.8) is 0 Å². The molecule has 0 spiro atoms. The van der Waals surface area contributed by atoms with E-state index in [0.29, 0.717) is 0 Å². The lowest BCUT2D eigenvalue weighted by Crippen LogP contribution is -1.85. The SMILES string of the molecule is Cc1ccc(-c2nsnc2-c2ccc(CBr)cc2)cc1. The van der Waals surface area contributed by atoms with Crippen molar-refractivity contribution in [1.29, 1.82) is 0 Å². The minimum Gasteiger partial charge on any atom is -0.172 e. The second-order valence-electron chi connectivity index (χ2n) is 4.66. The number of rotatable bonds is 3. The van der Waals surface area contributed by atoms with E-state index >= 15 is 0 Å². The maximum absolute atomic E-state index is 4.46. The molecular weight excluding hydrogens is 332 g/mol. The normalized spacial score (nSPS) is 10.7. The predicted molar refractivity (Wildman–Crippen MR) is 88.1 cm³/mol. The van der Waals surface area contributed by atoms with E-state index in [2.05, 4.69) is 80.1 Å². The van der Waals surface area contributed by atoms with Crippen molar-refractivity contribution >= 4 is 27.7 Å². The third kappa shape index (κ3) is 2.67. The first kappa shape index (κ1) is 13.5. The van der Waals surface area contributed by atoms with Gasteiger partial charge in [0.25, 0.3) is 0 Å². The molecule has 1 aromatic heterocycles. The second-order valence-corrected chi connectivity index (χ2v) is 5.75. The molecule has 2 aromatic carbocycles. The fraction of sp³-hybridized carbons (Fsp3) is 0.125. The number of aryl methyl sites for hydroxylation is 1. The van der Waals surface area contributed by atoms with Crippen molar-refractivity contribution in [2.24, 2.45) is 0 Å². The van der Waals surface area contributed by atoms with Crippen molar-refractivity contribution in [3.8, 4) is 22.5 Å². The molecule has 0 amide bonds. The second kappa shape index (κ2) is 5.85. The topological polar surface area (TPSA) is 25.8 Å². The highest BCUT2D eigenvalue weighted by atomic mass is 79.9. The van der Waals surface area contributed by atoms with Crippen LogP contribution in [0.25, 0.3) is 22.5 Å². The number of alkyl halides is 1. The minimum atomic E-state index is 0.868. The lowest BCUT2D eigenvalue weighted by Gasteiger charge is -2.03. The number of hydrogen-bond donors (Lipinski definition) is 0. The van der Waals surface area contributed by atoms with Gasteiger partial charge in [-0.05, 0) is 12.5 Å². The molecule has 2 nitrogen and oxygen atoms in total. The smallest absolute Gasteiger partial charge is 0.112 e. The molecule has 0 bridgehead atoms. The molecule has 0 saturated carbocycles. The molecule has 0 fully saturated rings. The third-order valence-corrected chi connectivity index (χ3v) is 4.37. The first-order valence-corrected chi connectivity index (χ1v) is 8.18. The summed E-state index contributed by atoms with van der Waals surface area (Å²) in [6.07, 6.45) is 0. The zero-order valence-corrected chi connectivity index (χ0v) is 13.4. The molecule has 3 rings (SSSR count). The van der Waals surface area contributed by atoms with Crippen LogP contribution in [-0.2, 0) is 5.33 Å². The van der Waals surface area contributed by atoms with Gasteiger partial charge in [-0.1, -0.05) is 70.0 Å². The van der Waals surface area contributed by atoms with E-state index in [9.17, 15) is 0 Å². The zero-order chi connectivity index (χ0) is 13.9. The van der Waals surface area contributed by atoms with Crippen LogP contribution in [0.3, 0.4) is 0 Å². The Bertz CT molecular complexity index is 702. The van der Waals surface area contributed by atoms with E-state index in [1.165, 1.54) is 22.9 Å². The quantitative estimate of drug-likeness (QED) is 0.619. The molecule has 0 aliphatic carbocycles. The highest BCUT2D eigenvalue weighted by Gasteiger charge is 2.12. The molecule has 4 heteroatoms. The molecule has 0 aliphatic heterocycles. The Morgan fingerprint density at radius 2 is 1.35 bits per heavy atom. The minimum absolute atomic E-state index is 0.868. The Balaban J connectivity index is 2.02. The first-order valence-electron chi connectivity index (χ1n) is 6.33. The Morgan fingerprint density at radius 3 is 1.85 bits per heavy atom. The number of hydrogen-bond acceptors (Lipinski definition) is 3. The summed E-state index contributed by atoms with van der Waals surface area (Å²) in [4.78, 5) is 0. The maximum Gasteiger partial charge on any atom is 0.112 e. The van der Waals surface area contributed by atoms with E-state index in [0.717, 1.165) is 27.8 Å². The summed E-state index contributed by atoms with van der Waals surface area (Å²) in [5.41, 5.74) is 6.65. The highest BCUT2D eigenvalue weighted by Crippen LogP contribution is 2.30. The van der Waals surface area contributed by atoms with Gasteiger partial charge in [-0.25, -0.2) is 0 Å². The summed E-state index contributed by atoms with van der Waals surface area (Å²) in [5, 5.41) is 0.868. The van der Waals surface area contributed by atoms with Crippen LogP contribution in [0.15, 0.2) is 48.5 Å². The number of halogens is 1. The van der Waals surface area contributed by atoms with E-state index < -0.39 is 0 Å². The lowest BCUT2D eigenvalue weighted by molar-refractivity contribution is 1.41. The molecular formula is C16H13BrN2S. The molecule has 0 N–H and O–H groups in total. The van der Waals surface area contributed by atoms with Crippen molar-refractivity contribution in [2.75, 3.05) is 0 Å². The average molecular weight is 345 g/mol. The first-order chi connectivity index (χ1) is 9.78. The van der Waals surface area contributed by atoms with Gasteiger partial charge in [0.2, 0.25) is 0 Å². The van der Waals surface area contributed by atoms with Gasteiger partial charge in [-0.15, -0.1) is 0 Å². The van der Waals surface area contributed by atoms with E-state index in [1.54, 1.807) is 0 Å². The van der Waals surface area contributed by atoms with E-state index in [4.69, 9.17) is 0 Å². The van der Waals surface area contributed by atoms with Crippen LogP contribution in [-0.4, -0.2) is 8.75 Å². The summed E-state index contributed by atoms with van der Waals surface area (Å²) in [6, 6.07) is 16.8. The summed E-state index contributed by atoms with van der Waals surface area (Å²) in [6.45, 7) is 2.09. The van der Waals surface area contributed by atoms with Crippen LogP contribution in [0.5, 0.6) is 0 Å².